The highest BCUT2D eigenvalue weighted by molar-refractivity contribution is 5.69. The maximum atomic E-state index is 10.4. The summed E-state index contributed by atoms with van der Waals surface area (Å²) in [7, 11) is 0. The first-order valence-electron chi connectivity index (χ1n) is 6.15. The lowest BCUT2D eigenvalue weighted by Gasteiger charge is -2.16. The Morgan fingerprint density at radius 3 is 1.89 bits per heavy atom. The normalized spacial score (nSPS) is 15.9. The molecule has 7 nitrogen and oxygen atoms in total. The third-order valence-electron chi connectivity index (χ3n) is 2.46. The molecule has 18 heavy (non-hydrogen) atoms. The second-order valence-corrected chi connectivity index (χ2v) is 3.90. The molecule has 4 N–H and O–H groups in total. The van der Waals surface area contributed by atoms with Crippen molar-refractivity contribution in [2.45, 2.75) is 32.1 Å². The summed E-state index contributed by atoms with van der Waals surface area (Å²) in [6.07, 6.45) is 5.24. The van der Waals surface area contributed by atoms with E-state index in [1.54, 1.807) is 0 Å². The van der Waals surface area contributed by atoms with Gasteiger partial charge in [0.1, 0.15) is 0 Å². The van der Waals surface area contributed by atoms with E-state index in [4.69, 9.17) is 15.3 Å². The maximum absolute atomic E-state index is 10.4. The number of nitrogens with one attached hydrogen (secondary N) is 1. The molecule has 0 spiro atoms. The Morgan fingerprint density at radius 2 is 1.56 bits per heavy atom. The van der Waals surface area contributed by atoms with Crippen molar-refractivity contribution in [1.82, 2.24) is 5.64 Å². The molecular weight excluding hydrogens is 242 g/mol. The minimum atomic E-state index is -0.602. The Morgan fingerprint density at radius 1 is 1.06 bits per heavy atom. The first kappa shape index (κ1) is 17.3. The van der Waals surface area contributed by atoms with Gasteiger partial charge < -0.3 is 15.3 Å². The zero-order chi connectivity index (χ0) is 13.6. The van der Waals surface area contributed by atoms with Gasteiger partial charge in [0.25, 0.3) is 0 Å². The summed E-state index contributed by atoms with van der Waals surface area (Å²) in [6, 6.07) is 0. The van der Waals surface area contributed by atoms with Gasteiger partial charge in [0, 0.05) is 0 Å². The van der Waals surface area contributed by atoms with E-state index in [1.165, 1.54) is 6.42 Å². The Kier molecular flexibility index (Phi) is 12.2. The van der Waals surface area contributed by atoms with Crippen LogP contribution >= 0.6 is 0 Å². The number of aliphatic hydroxyl groups excluding tert-OH is 2. The number of carboxylic acids is 1. The van der Waals surface area contributed by atoms with Crippen molar-refractivity contribution in [3.05, 3.63) is 0 Å². The zero-order valence-corrected chi connectivity index (χ0v) is 10.5. The molecule has 0 aliphatic heterocycles. The van der Waals surface area contributed by atoms with Crippen LogP contribution in [0.4, 0.5) is 0 Å². The monoisotopic (exact) mass is 265 g/mol. The van der Waals surface area contributed by atoms with Crippen molar-refractivity contribution in [3.63, 3.8) is 0 Å². The first-order valence-corrected chi connectivity index (χ1v) is 6.15. The fraction of sp³-hybridized carbons (Fsp3) is 0.909. The predicted molar refractivity (Wildman–Crippen MR) is 63.4 cm³/mol. The Hall–Kier alpha value is -0.730. The molecule has 0 saturated heterocycles. The van der Waals surface area contributed by atoms with Crippen LogP contribution in [0.1, 0.15) is 32.1 Å². The predicted octanol–water partition coefficient (Wildman–Crippen LogP) is 0.0751. The number of hydrogen-bond donors (Lipinski definition) is 4. The highest BCUT2D eigenvalue weighted by Crippen LogP contribution is 2.23. The van der Waals surface area contributed by atoms with Crippen LogP contribution in [-0.2, 0) is 14.5 Å². The van der Waals surface area contributed by atoms with Gasteiger partial charge >= 0.3 is 5.97 Å². The third kappa shape index (κ3) is 10.4. The van der Waals surface area contributed by atoms with E-state index in [2.05, 4.69) is 15.3 Å². The van der Waals surface area contributed by atoms with Gasteiger partial charge in [-0.3, -0.25) is 14.5 Å². The number of rotatable bonds is 7. The average Bonchev–Trinajstić information content (AvgIpc) is 2.40. The van der Waals surface area contributed by atoms with Crippen LogP contribution in [0, 0.1) is 5.92 Å². The van der Waals surface area contributed by atoms with Gasteiger partial charge in [0.15, 0.2) is 0 Å². The summed E-state index contributed by atoms with van der Waals surface area (Å²) in [4.78, 5) is 19.3. The molecule has 7 heteroatoms. The Balaban J connectivity index is 0.000000321. The first-order chi connectivity index (χ1) is 8.72. The molecule has 1 fully saturated rings. The molecule has 0 unspecified atom stereocenters. The van der Waals surface area contributed by atoms with E-state index in [0.29, 0.717) is 0 Å². The summed E-state index contributed by atoms with van der Waals surface area (Å²) in [6.45, 7) is 0.224. The maximum Gasteiger partial charge on any atom is 0.306 e. The highest BCUT2D eigenvalue weighted by Gasteiger charge is 2.19. The largest absolute Gasteiger partial charge is 0.481 e. The van der Waals surface area contributed by atoms with E-state index < -0.39 is 5.97 Å². The zero-order valence-electron chi connectivity index (χ0n) is 10.5. The van der Waals surface area contributed by atoms with Gasteiger partial charge in [0.05, 0.1) is 32.3 Å². The molecule has 1 aliphatic rings. The second kappa shape index (κ2) is 12.7. The average molecular weight is 265 g/mol. The van der Waals surface area contributed by atoms with Gasteiger partial charge in [-0.1, -0.05) is 24.9 Å². The lowest BCUT2D eigenvalue weighted by Crippen LogP contribution is -2.19. The second-order valence-electron chi connectivity index (χ2n) is 3.90. The number of aliphatic hydroxyl groups is 2. The molecule has 0 aromatic heterocycles. The molecule has 1 rings (SSSR count). The minimum absolute atomic E-state index is 0.0289. The van der Waals surface area contributed by atoms with Crippen LogP contribution in [0.5, 0.6) is 0 Å². The summed E-state index contributed by atoms with van der Waals surface area (Å²) in [5, 5.41) is 24.8. The van der Waals surface area contributed by atoms with Crippen LogP contribution in [-0.4, -0.2) is 47.7 Å². The fourth-order valence-corrected chi connectivity index (χ4v) is 1.57. The van der Waals surface area contributed by atoms with Gasteiger partial charge in [-0.25, -0.2) is 0 Å². The van der Waals surface area contributed by atoms with Gasteiger partial charge in [0.2, 0.25) is 0 Å². The van der Waals surface area contributed by atoms with Crippen LogP contribution < -0.4 is 5.64 Å². The molecule has 0 aromatic carbocycles. The van der Waals surface area contributed by atoms with E-state index in [9.17, 15) is 4.79 Å². The fourth-order valence-electron chi connectivity index (χ4n) is 1.57. The van der Waals surface area contributed by atoms with E-state index in [0.717, 1.165) is 25.7 Å². The van der Waals surface area contributed by atoms with Crippen LogP contribution in [0.3, 0.4) is 0 Å². The highest BCUT2D eigenvalue weighted by atomic mass is 16.9. The summed E-state index contributed by atoms with van der Waals surface area (Å²) >= 11 is 0. The molecule has 0 heterocycles. The number of aliphatic carboxylic acids is 1. The minimum Gasteiger partial charge on any atom is -0.481 e. The summed E-state index contributed by atoms with van der Waals surface area (Å²) in [5.74, 6) is -0.631. The molecule has 1 aliphatic carbocycles. The lowest BCUT2D eigenvalue weighted by atomic mass is 9.90. The van der Waals surface area contributed by atoms with Gasteiger partial charge in [-0.2, -0.15) is 0 Å². The molecule has 0 amide bonds. The van der Waals surface area contributed by atoms with Crippen LogP contribution in [0.15, 0.2) is 0 Å². The van der Waals surface area contributed by atoms with Crippen molar-refractivity contribution >= 4 is 5.97 Å². The standard InChI is InChI=1S/C7H12O2.C4H11NO4/c8-7(9)6-4-2-1-3-5-6;6-1-3-8-5-9-4-2-7/h6H,1-5H2,(H,8,9);5-7H,1-4H2. The quantitative estimate of drug-likeness (QED) is 0.381. The van der Waals surface area contributed by atoms with Gasteiger partial charge in [-0.15, -0.1) is 0 Å². The molecule has 0 atom stereocenters. The molecule has 0 bridgehead atoms. The number of hydrogen-bond acceptors (Lipinski definition) is 6. The van der Waals surface area contributed by atoms with Crippen molar-refractivity contribution in [2.75, 3.05) is 26.4 Å². The lowest BCUT2D eigenvalue weighted by molar-refractivity contribution is -0.178. The van der Waals surface area contributed by atoms with Crippen molar-refractivity contribution < 1.29 is 29.8 Å². The van der Waals surface area contributed by atoms with Crippen molar-refractivity contribution in [2.24, 2.45) is 5.92 Å². The number of carboxylic acid groups (broad SMARTS) is 1. The Labute approximate surface area is 107 Å². The van der Waals surface area contributed by atoms with E-state index in [-0.39, 0.29) is 32.3 Å². The van der Waals surface area contributed by atoms with Crippen LogP contribution in [0.25, 0.3) is 0 Å². The van der Waals surface area contributed by atoms with Crippen molar-refractivity contribution in [1.29, 1.82) is 0 Å². The molecule has 108 valence electrons. The third-order valence-corrected chi connectivity index (χ3v) is 2.46. The summed E-state index contributed by atoms with van der Waals surface area (Å²) < 4.78 is 0. The molecular formula is C11H23NO6. The van der Waals surface area contributed by atoms with Crippen molar-refractivity contribution in [3.8, 4) is 0 Å². The van der Waals surface area contributed by atoms with E-state index in [1.807, 2.05) is 0 Å². The molecule has 0 radical (unpaired) electrons. The van der Waals surface area contributed by atoms with E-state index >= 15 is 0 Å². The topological polar surface area (TPSA) is 108 Å². The van der Waals surface area contributed by atoms with Crippen LogP contribution in [0.2, 0.25) is 0 Å². The Bertz CT molecular complexity index is 190. The molecule has 1 saturated carbocycles. The molecule has 0 aromatic rings. The summed E-state index contributed by atoms with van der Waals surface area (Å²) in [5.41, 5.74) is 2.07. The smallest absolute Gasteiger partial charge is 0.306 e. The number of carbonyl (C=O) groups is 1. The SMILES string of the molecule is O=C(O)C1CCCCC1.OCCONOCCO. The van der Waals surface area contributed by atoms with Gasteiger partial charge in [-0.05, 0) is 12.8 Å².